The van der Waals surface area contributed by atoms with Crippen molar-refractivity contribution in [2.45, 2.75) is 38.6 Å². The molecule has 1 N–H and O–H groups in total. The Labute approximate surface area is 156 Å². The molecule has 1 aliphatic carbocycles. The summed E-state index contributed by atoms with van der Waals surface area (Å²) in [7, 11) is 1.86. The maximum absolute atomic E-state index is 8.84. The number of benzene rings is 1. The van der Waals surface area contributed by atoms with Crippen LogP contribution in [0.25, 0.3) is 0 Å². The normalized spacial score (nSPS) is 19.5. The number of aliphatic imine (C=N–C) groups is 1. The number of guanidine groups is 1. The van der Waals surface area contributed by atoms with Crippen LogP contribution in [-0.4, -0.2) is 31.0 Å². The van der Waals surface area contributed by atoms with E-state index in [0.717, 1.165) is 25.6 Å². The van der Waals surface area contributed by atoms with E-state index in [-0.39, 0.29) is 24.0 Å². The second-order valence-electron chi connectivity index (χ2n) is 6.59. The van der Waals surface area contributed by atoms with Crippen LogP contribution in [0.3, 0.4) is 0 Å². The maximum Gasteiger partial charge on any atom is 0.193 e. The standard InChI is InChI=1S/C18H24N4.HI/c1-20-17(21-13-16-6-4-15(12-19)5-7-16)22-11-10-18(14-22)8-2-3-9-18;/h4-7H,2-3,8-11,13-14H2,1H3,(H,20,21);1H. The van der Waals surface area contributed by atoms with Crippen molar-refractivity contribution in [1.82, 2.24) is 10.2 Å². The van der Waals surface area contributed by atoms with Crippen molar-refractivity contribution in [3.63, 3.8) is 0 Å². The largest absolute Gasteiger partial charge is 0.352 e. The fourth-order valence-corrected chi connectivity index (χ4v) is 3.86. The summed E-state index contributed by atoms with van der Waals surface area (Å²) in [5.41, 5.74) is 2.44. The average Bonchev–Trinajstić information content (AvgIpc) is 3.19. The van der Waals surface area contributed by atoms with Crippen molar-refractivity contribution in [3.8, 4) is 6.07 Å². The van der Waals surface area contributed by atoms with Gasteiger partial charge in [-0.25, -0.2) is 0 Å². The zero-order valence-electron chi connectivity index (χ0n) is 13.7. The van der Waals surface area contributed by atoms with Gasteiger partial charge in [-0.2, -0.15) is 5.26 Å². The lowest BCUT2D eigenvalue weighted by atomic mass is 9.86. The maximum atomic E-state index is 8.84. The van der Waals surface area contributed by atoms with Gasteiger partial charge in [-0.3, -0.25) is 4.99 Å². The molecule has 1 aliphatic heterocycles. The van der Waals surface area contributed by atoms with E-state index in [1.54, 1.807) is 0 Å². The predicted octanol–water partition coefficient (Wildman–Crippen LogP) is 3.52. The third-order valence-electron chi connectivity index (χ3n) is 5.15. The van der Waals surface area contributed by atoms with Crippen LogP contribution in [-0.2, 0) is 6.54 Å². The number of hydrogen-bond donors (Lipinski definition) is 1. The summed E-state index contributed by atoms with van der Waals surface area (Å²) in [6, 6.07) is 9.88. The Morgan fingerprint density at radius 2 is 1.96 bits per heavy atom. The molecule has 5 heteroatoms. The van der Waals surface area contributed by atoms with Gasteiger partial charge in [-0.1, -0.05) is 25.0 Å². The first kappa shape index (κ1) is 18.1. The van der Waals surface area contributed by atoms with Gasteiger partial charge in [-0.05, 0) is 42.4 Å². The highest BCUT2D eigenvalue weighted by molar-refractivity contribution is 14.0. The van der Waals surface area contributed by atoms with Crippen molar-refractivity contribution in [2.75, 3.05) is 20.1 Å². The second kappa shape index (κ2) is 8.00. The van der Waals surface area contributed by atoms with Gasteiger partial charge in [-0.15, -0.1) is 24.0 Å². The van der Waals surface area contributed by atoms with Crippen LogP contribution in [0.4, 0.5) is 0 Å². The van der Waals surface area contributed by atoms with E-state index >= 15 is 0 Å². The van der Waals surface area contributed by atoms with Crippen molar-refractivity contribution in [2.24, 2.45) is 10.4 Å². The molecule has 23 heavy (non-hydrogen) atoms. The zero-order chi connectivity index (χ0) is 15.4. The van der Waals surface area contributed by atoms with E-state index in [1.165, 1.54) is 37.7 Å². The zero-order valence-corrected chi connectivity index (χ0v) is 16.0. The first-order chi connectivity index (χ1) is 10.7. The Balaban J connectivity index is 0.00000192. The SMILES string of the molecule is CN=C(NCc1ccc(C#N)cc1)N1CCC2(CCCC2)C1.I. The summed E-state index contributed by atoms with van der Waals surface area (Å²) in [6.45, 7) is 3.02. The van der Waals surface area contributed by atoms with Gasteiger partial charge < -0.3 is 10.2 Å². The molecular formula is C18H25IN4. The van der Waals surface area contributed by atoms with Crippen LogP contribution in [0.2, 0.25) is 0 Å². The quantitative estimate of drug-likeness (QED) is 0.449. The van der Waals surface area contributed by atoms with Crippen LogP contribution >= 0.6 is 24.0 Å². The molecule has 1 aromatic carbocycles. The highest BCUT2D eigenvalue weighted by Crippen LogP contribution is 2.45. The van der Waals surface area contributed by atoms with E-state index < -0.39 is 0 Å². The predicted molar refractivity (Wildman–Crippen MR) is 104 cm³/mol. The van der Waals surface area contributed by atoms with Crippen molar-refractivity contribution in [3.05, 3.63) is 35.4 Å². The fraction of sp³-hybridized carbons (Fsp3) is 0.556. The summed E-state index contributed by atoms with van der Waals surface area (Å²) < 4.78 is 0. The lowest BCUT2D eigenvalue weighted by Gasteiger charge is -2.26. The molecule has 0 atom stereocenters. The minimum atomic E-state index is 0. The van der Waals surface area contributed by atoms with E-state index in [9.17, 15) is 0 Å². The summed E-state index contributed by atoms with van der Waals surface area (Å²) >= 11 is 0. The second-order valence-corrected chi connectivity index (χ2v) is 6.59. The Morgan fingerprint density at radius 1 is 1.26 bits per heavy atom. The molecule has 2 fully saturated rings. The molecule has 1 saturated heterocycles. The highest BCUT2D eigenvalue weighted by Gasteiger charge is 2.40. The van der Waals surface area contributed by atoms with Crippen molar-refractivity contribution < 1.29 is 0 Å². The first-order valence-electron chi connectivity index (χ1n) is 8.19. The summed E-state index contributed by atoms with van der Waals surface area (Å²) in [4.78, 5) is 6.86. The molecule has 1 heterocycles. The van der Waals surface area contributed by atoms with Crippen LogP contribution in [0.5, 0.6) is 0 Å². The molecule has 0 bridgehead atoms. The van der Waals surface area contributed by atoms with E-state index in [0.29, 0.717) is 11.0 Å². The highest BCUT2D eigenvalue weighted by atomic mass is 127. The van der Waals surface area contributed by atoms with E-state index in [2.05, 4.69) is 21.3 Å². The van der Waals surface area contributed by atoms with Gasteiger partial charge >= 0.3 is 0 Å². The first-order valence-corrected chi connectivity index (χ1v) is 8.19. The Morgan fingerprint density at radius 3 is 2.57 bits per heavy atom. The van der Waals surface area contributed by atoms with E-state index in [1.807, 2.05) is 31.3 Å². The Kier molecular flexibility index (Phi) is 6.28. The Hall–Kier alpha value is -1.29. The van der Waals surface area contributed by atoms with Crippen molar-refractivity contribution >= 4 is 29.9 Å². The third kappa shape index (κ3) is 4.17. The average molecular weight is 424 g/mol. The molecule has 1 spiro atoms. The summed E-state index contributed by atoms with van der Waals surface area (Å²) in [6.07, 6.45) is 6.87. The van der Waals surface area contributed by atoms with Crippen molar-refractivity contribution in [1.29, 1.82) is 5.26 Å². The summed E-state index contributed by atoms with van der Waals surface area (Å²) in [5, 5.41) is 12.3. The van der Waals surface area contributed by atoms with Crippen LogP contribution in [0, 0.1) is 16.7 Å². The smallest absolute Gasteiger partial charge is 0.193 e. The number of nitrogens with zero attached hydrogens (tertiary/aromatic N) is 3. The molecule has 2 aliphatic rings. The number of halogens is 1. The number of hydrogen-bond acceptors (Lipinski definition) is 2. The lowest BCUT2D eigenvalue weighted by molar-refractivity contribution is 0.309. The van der Waals surface area contributed by atoms with Crippen LogP contribution in [0.15, 0.2) is 29.3 Å². The molecule has 3 rings (SSSR count). The molecule has 1 aromatic rings. The molecule has 0 aromatic heterocycles. The fourth-order valence-electron chi connectivity index (χ4n) is 3.86. The van der Waals surface area contributed by atoms with Gasteiger partial charge in [0, 0.05) is 26.7 Å². The molecule has 1 saturated carbocycles. The monoisotopic (exact) mass is 424 g/mol. The number of likely N-dealkylation sites (tertiary alicyclic amines) is 1. The van der Waals surface area contributed by atoms with Gasteiger partial charge in [0.25, 0.3) is 0 Å². The molecular weight excluding hydrogens is 399 g/mol. The van der Waals surface area contributed by atoms with Gasteiger partial charge in [0.15, 0.2) is 5.96 Å². The molecule has 0 radical (unpaired) electrons. The van der Waals surface area contributed by atoms with Gasteiger partial charge in [0.1, 0.15) is 0 Å². The minimum Gasteiger partial charge on any atom is -0.352 e. The molecule has 4 nitrogen and oxygen atoms in total. The van der Waals surface area contributed by atoms with Crippen LogP contribution < -0.4 is 5.32 Å². The third-order valence-corrected chi connectivity index (χ3v) is 5.15. The topological polar surface area (TPSA) is 51.4 Å². The van der Waals surface area contributed by atoms with E-state index in [4.69, 9.17) is 5.26 Å². The number of nitrogens with one attached hydrogen (secondary N) is 1. The lowest BCUT2D eigenvalue weighted by Crippen LogP contribution is -2.40. The number of rotatable bonds is 2. The molecule has 0 unspecified atom stereocenters. The molecule has 0 amide bonds. The summed E-state index contributed by atoms with van der Waals surface area (Å²) in [5.74, 6) is 1.01. The van der Waals surface area contributed by atoms with Crippen LogP contribution in [0.1, 0.15) is 43.2 Å². The number of nitriles is 1. The minimum absolute atomic E-state index is 0. The molecule has 124 valence electrons. The van der Waals surface area contributed by atoms with Gasteiger partial charge in [0.05, 0.1) is 11.6 Å². The Bertz CT molecular complexity index is 582. The van der Waals surface area contributed by atoms with Gasteiger partial charge in [0.2, 0.25) is 0 Å².